The molecule has 1 saturated heterocycles. The topological polar surface area (TPSA) is 74.8 Å². The molecule has 1 aromatic heterocycles. The van der Waals surface area contributed by atoms with Gasteiger partial charge in [0.15, 0.2) is 5.78 Å². The number of anilines is 1. The minimum Gasteiger partial charge on any atom is -0.444 e. The number of ether oxygens (including phenoxy) is 1. The van der Waals surface area contributed by atoms with Crippen LogP contribution in [0.5, 0.6) is 0 Å². The Balaban J connectivity index is 1.48. The molecule has 0 radical (unpaired) electrons. The highest BCUT2D eigenvalue weighted by molar-refractivity contribution is 6.29. The standard InChI is InChI=1S/C24H31ClN4O3/c1-17-15-28(12-13-29(17)23(31)32-24(2,3)4)16-18-8-10-19(11-9-18)26-14-21(30)20-6-5-7-22(25)27-20/h5-11,17,26H,12-16H2,1-4H3/t17-/m0/s1. The molecule has 1 fully saturated rings. The molecule has 3 rings (SSSR count). The number of nitrogens with zero attached hydrogens (tertiary/aromatic N) is 3. The molecule has 0 bridgehead atoms. The average Bonchev–Trinajstić information content (AvgIpc) is 2.72. The molecule has 1 N–H and O–H groups in total. The molecule has 0 spiro atoms. The average molecular weight is 459 g/mol. The molecule has 32 heavy (non-hydrogen) atoms. The van der Waals surface area contributed by atoms with Crippen LogP contribution >= 0.6 is 11.6 Å². The number of carbonyl (C=O) groups excluding carboxylic acids is 2. The lowest BCUT2D eigenvalue weighted by Gasteiger charge is -2.40. The van der Waals surface area contributed by atoms with E-state index in [-0.39, 0.29) is 24.5 Å². The third-order valence-electron chi connectivity index (χ3n) is 5.15. The van der Waals surface area contributed by atoms with Crippen molar-refractivity contribution in [2.45, 2.75) is 45.9 Å². The fourth-order valence-electron chi connectivity index (χ4n) is 3.59. The van der Waals surface area contributed by atoms with E-state index >= 15 is 0 Å². The molecular formula is C24H31ClN4O3. The Hall–Kier alpha value is -2.64. The van der Waals surface area contributed by atoms with Crippen LogP contribution in [0.1, 0.15) is 43.7 Å². The van der Waals surface area contributed by atoms with Crippen LogP contribution < -0.4 is 5.32 Å². The Morgan fingerprint density at radius 2 is 1.88 bits per heavy atom. The Bertz CT molecular complexity index is 943. The number of hydrogen-bond donors (Lipinski definition) is 1. The molecule has 2 heterocycles. The number of Topliss-reactive ketones (excluding diaryl/α,β-unsaturated/α-hetero) is 1. The van der Waals surface area contributed by atoms with Crippen molar-refractivity contribution < 1.29 is 14.3 Å². The van der Waals surface area contributed by atoms with Gasteiger partial charge in [-0.2, -0.15) is 0 Å². The van der Waals surface area contributed by atoms with E-state index in [0.717, 1.165) is 25.3 Å². The summed E-state index contributed by atoms with van der Waals surface area (Å²) in [4.78, 5) is 32.8. The molecule has 1 amide bonds. The fourth-order valence-corrected chi connectivity index (χ4v) is 3.75. The molecule has 1 aromatic carbocycles. The largest absolute Gasteiger partial charge is 0.444 e. The zero-order chi connectivity index (χ0) is 23.3. The minimum absolute atomic E-state index is 0.0886. The monoisotopic (exact) mass is 458 g/mol. The lowest BCUT2D eigenvalue weighted by Crippen LogP contribution is -2.54. The molecular weight excluding hydrogens is 428 g/mol. The van der Waals surface area contributed by atoms with Crippen LogP contribution in [0.4, 0.5) is 10.5 Å². The summed E-state index contributed by atoms with van der Waals surface area (Å²) in [6.45, 7) is 10.9. The van der Waals surface area contributed by atoms with Gasteiger partial charge in [0.05, 0.1) is 6.54 Å². The summed E-state index contributed by atoms with van der Waals surface area (Å²) in [6.07, 6.45) is -0.248. The van der Waals surface area contributed by atoms with Gasteiger partial charge in [-0.05, 0) is 57.5 Å². The molecule has 172 valence electrons. The number of piperazine rings is 1. The Morgan fingerprint density at radius 3 is 2.50 bits per heavy atom. The van der Waals surface area contributed by atoms with Gasteiger partial charge in [0.1, 0.15) is 16.4 Å². The third kappa shape index (κ3) is 6.93. The van der Waals surface area contributed by atoms with Crippen LogP contribution in [-0.4, -0.2) is 64.5 Å². The number of hydrogen-bond acceptors (Lipinski definition) is 6. The molecule has 1 aliphatic heterocycles. The normalized spacial score (nSPS) is 17.2. The lowest BCUT2D eigenvalue weighted by atomic mass is 10.1. The predicted octanol–water partition coefficient (Wildman–Crippen LogP) is 4.47. The highest BCUT2D eigenvalue weighted by Crippen LogP contribution is 2.18. The third-order valence-corrected chi connectivity index (χ3v) is 5.36. The van der Waals surface area contributed by atoms with Crippen molar-refractivity contribution in [1.29, 1.82) is 0 Å². The van der Waals surface area contributed by atoms with Crippen molar-refractivity contribution in [1.82, 2.24) is 14.8 Å². The van der Waals surface area contributed by atoms with Gasteiger partial charge in [-0.3, -0.25) is 9.69 Å². The van der Waals surface area contributed by atoms with Gasteiger partial charge in [0.25, 0.3) is 0 Å². The predicted molar refractivity (Wildman–Crippen MR) is 126 cm³/mol. The van der Waals surface area contributed by atoms with Gasteiger partial charge in [-0.25, -0.2) is 9.78 Å². The molecule has 2 aromatic rings. The summed E-state index contributed by atoms with van der Waals surface area (Å²) in [5.74, 6) is -0.117. The highest BCUT2D eigenvalue weighted by atomic mass is 35.5. The zero-order valence-corrected chi connectivity index (χ0v) is 19.9. The second kappa shape index (κ2) is 10.3. The van der Waals surface area contributed by atoms with Crippen molar-refractivity contribution in [3.05, 3.63) is 58.9 Å². The molecule has 0 aliphatic carbocycles. The van der Waals surface area contributed by atoms with Gasteiger partial charge < -0.3 is 15.0 Å². The van der Waals surface area contributed by atoms with Gasteiger partial charge in [-0.15, -0.1) is 0 Å². The summed E-state index contributed by atoms with van der Waals surface area (Å²) >= 11 is 5.85. The molecule has 0 saturated carbocycles. The first-order valence-corrected chi connectivity index (χ1v) is 11.2. The summed E-state index contributed by atoms with van der Waals surface area (Å²) in [5, 5.41) is 3.44. The Labute approximate surface area is 194 Å². The van der Waals surface area contributed by atoms with Crippen molar-refractivity contribution in [2.24, 2.45) is 0 Å². The van der Waals surface area contributed by atoms with Crippen molar-refractivity contribution in [3.8, 4) is 0 Å². The van der Waals surface area contributed by atoms with Gasteiger partial charge in [0, 0.05) is 37.9 Å². The first kappa shape index (κ1) is 24.0. The van der Waals surface area contributed by atoms with E-state index in [0.29, 0.717) is 17.4 Å². The van der Waals surface area contributed by atoms with Gasteiger partial charge in [0.2, 0.25) is 0 Å². The number of nitrogens with one attached hydrogen (secondary N) is 1. The highest BCUT2D eigenvalue weighted by Gasteiger charge is 2.30. The second-order valence-electron chi connectivity index (χ2n) is 9.08. The van der Waals surface area contributed by atoms with Crippen LogP contribution in [0.25, 0.3) is 0 Å². The molecule has 8 heteroatoms. The maximum absolute atomic E-state index is 12.4. The SMILES string of the molecule is C[C@H]1CN(Cc2ccc(NCC(=O)c3cccc(Cl)n3)cc2)CCN1C(=O)OC(C)(C)C. The number of aromatic nitrogens is 1. The number of carbonyl (C=O) groups is 2. The Kier molecular flexibility index (Phi) is 7.74. The summed E-state index contributed by atoms with van der Waals surface area (Å²) < 4.78 is 5.52. The number of pyridine rings is 1. The van der Waals surface area contributed by atoms with E-state index in [1.54, 1.807) is 23.1 Å². The van der Waals surface area contributed by atoms with Gasteiger partial charge in [-0.1, -0.05) is 29.8 Å². The zero-order valence-electron chi connectivity index (χ0n) is 19.1. The van der Waals surface area contributed by atoms with Crippen LogP contribution in [-0.2, 0) is 11.3 Å². The maximum atomic E-state index is 12.4. The summed E-state index contributed by atoms with van der Waals surface area (Å²) in [7, 11) is 0. The number of amides is 1. The first-order chi connectivity index (χ1) is 15.1. The van der Waals surface area contributed by atoms with E-state index in [1.807, 2.05) is 32.9 Å². The van der Waals surface area contributed by atoms with E-state index in [2.05, 4.69) is 34.3 Å². The minimum atomic E-state index is -0.487. The lowest BCUT2D eigenvalue weighted by molar-refractivity contribution is 0.000554. The number of halogens is 1. The van der Waals surface area contributed by atoms with E-state index in [1.165, 1.54) is 5.56 Å². The van der Waals surface area contributed by atoms with Crippen molar-refractivity contribution >= 4 is 29.2 Å². The summed E-state index contributed by atoms with van der Waals surface area (Å²) in [5.41, 5.74) is 1.91. The number of ketones is 1. The van der Waals surface area contributed by atoms with Crippen LogP contribution in [0.2, 0.25) is 5.15 Å². The van der Waals surface area contributed by atoms with Crippen molar-refractivity contribution in [2.75, 3.05) is 31.5 Å². The van der Waals surface area contributed by atoms with Crippen molar-refractivity contribution in [3.63, 3.8) is 0 Å². The molecule has 0 unspecified atom stereocenters. The van der Waals surface area contributed by atoms with Crippen LogP contribution in [0, 0.1) is 0 Å². The van der Waals surface area contributed by atoms with E-state index < -0.39 is 5.60 Å². The summed E-state index contributed by atoms with van der Waals surface area (Å²) in [6, 6.07) is 13.1. The van der Waals surface area contributed by atoms with E-state index in [4.69, 9.17) is 16.3 Å². The van der Waals surface area contributed by atoms with Gasteiger partial charge >= 0.3 is 6.09 Å². The first-order valence-electron chi connectivity index (χ1n) is 10.8. The molecule has 7 nitrogen and oxygen atoms in total. The molecule has 1 atom stereocenters. The quantitative estimate of drug-likeness (QED) is 0.508. The molecule has 1 aliphatic rings. The van der Waals surface area contributed by atoms with Crippen LogP contribution in [0.15, 0.2) is 42.5 Å². The smallest absolute Gasteiger partial charge is 0.410 e. The maximum Gasteiger partial charge on any atom is 0.410 e. The van der Waals surface area contributed by atoms with Crippen LogP contribution in [0.3, 0.4) is 0 Å². The fraction of sp³-hybridized carbons (Fsp3) is 0.458. The Morgan fingerprint density at radius 1 is 1.16 bits per heavy atom. The van der Waals surface area contributed by atoms with E-state index in [9.17, 15) is 9.59 Å². The number of benzene rings is 1. The second-order valence-corrected chi connectivity index (χ2v) is 9.46. The number of rotatable bonds is 6.